The van der Waals surface area contributed by atoms with Crippen LogP contribution in [0.3, 0.4) is 0 Å². The van der Waals surface area contributed by atoms with Crippen LogP contribution in [-0.4, -0.2) is 40.3 Å². The van der Waals surface area contributed by atoms with Gasteiger partial charge in [0.25, 0.3) is 11.8 Å². The Morgan fingerprint density at radius 3 is 2.71 bits per heavy atom. The highest BCUT2D eigenvalue weighted by Gasteiger charge is 2.26. The highest BCUT2D eigenvalue weighted by molar-refractivity contribution is 6.34. The number of benzene rings is 1. The van der Waals surface area contributed by atoms with Crippen molar-refractivity contribution in [3.63, 3.8) is 0 Å². The molecule has 1 atom stereocenters. The topological polar surface area (TPSA) is 111 Å². The van der Waals surface area contributed by atoms with Crippen molar-refractivity contribution in [2.75, 3.05) is 11.9 Å². The van der Waals surface area contributed by atoms with Gasteiger partial charge >= 0.3 is 0 Å². The number of ketones is 1. The summed E-state index contributed by atoms with van der Waals surface area (Å²) in [7, 11) is 0. The number of carbonyl (C=O) groups excluding carboxylic acids is 3. The number of Topliss-reactive ketones (excluding diaryl/α,β-unsaturated/α-hetero) is 1. The Balaban J connectivity index is 1.92. The van der Waals surface area contributed by atoms with Gasteiger partial charge in [0.05, 0.1) is 17.7 Å². The number of aromatic nitrogens is 1. The number of carbonyl (C=O) groups is 3. The van der Waals surface area contributed by atoms with Gasteiger partial charge in [-0.3, -0.25) is 14.4 Å². The number of amides is 2. The maximum absolute atomic E-state index is 13.6. The van der Waals surface area contributed by atoms with Crippen molar-refractivity contribution in [2.24, 2.45) is 0 Å². The average Bonchev–Trinajstić information content (AvgIpc) is 3.08. The third-order valence-corrected chi connectivity index (χ3v) is 4.68. The smallest absolute Gasteiger partial charge is 0.256 e. The molecule has 7 nitrogen and oxygen atoms in total. The summed E-state index contributed by atoms with van der Waals surface area (Å²) >= 11 is 0. The van der Waals surface area contributed by atoms with Crippen molar-refractivity contribution >= 4 is 34.9 Å². The van der Waals surface area contributed by atoms with Gasteiger partial charge in [-0.2, -0.15) is 0 Å². The maximum Gasteiger partial charge on any atom is 0.256 e. The minimum absolute atomic E-state index is 0.191. The quantitative estimate of drug-likeness (QED) is 0.590. The molecule has 2 aromatic rings. The molecular formula is C20H20FN3O4. The molecule has 1 aliphatic heterocycles. The molecule has 8 heteroatoms. The third-order valence-electron chi connectivity index (χ3n) is 4.68. The minimum atomic E-state index is -1.27. The monoisotopic (exact) mass is 385 g/mol. The van der Waals surface area contributed by atoms with Gasteiger partial charge in [0.15, 0.2) is 5.78 Å². The van der Waals surface area contributed by atoms with E-state index in [4.69, 9.17) is 0 Å². The summed E-state index contributed by atoms with van der Waals surface area (Å²) in [4.78, 5) is 38.9. The molecular weight excluding hydrogens is 365 g/mol. The molecule has 0 spiro atoms. The van der Waals surface area contributed by atoms with Gasteiger partial charge in [0.1, 0.15) is 11.9 Å². The molecule has 0 radical (unpaired) electrons. The fourth-order valence-electron chi connectivity index (χ4n) is 3.13. The molecule has 1 aromatic carbocycles. The first kappa shape index (κ1) is 19.5. The first-order valence-corrected chi connectivity index (χ1v) is 8.68. The first-order valence-electron chi connectivity index (χ1n) is 8.68. The van der Waals surface area contributed by atoms with Crippen LogP contribution in [0.15, 0.2) is 18.2 Å². The summed E-state index contributed by atoms with van der Waals surface area (Å²) in [6.07, 6.45) is 0.308. The Labute approximate surface area is 160 Å². The van der Waals surface area contributed by atoms with E-state index < -0.39 is 23.6 Å². The van der Waals surface area contributed by atoms with Crippen LogP contribution in [0.2, 0.25) is 0 Å². The molecule has 2 heterocycles. The molecule has 1 aromatic heterocycles. The molecule has 4 N–H and O–H groups in total. The molecule has 0 saturated heterocycles. The second-order valence-electron chi connectivity index (χ2n) is 6.70. The molecule has 3 rings (SSSR count). The number of rotatable bonds is 5. The van der Waals surface area contributed by atoms with E-state index in [1.165, 1.54) is 25.1 Å². The summed E-state index contributed by atoms with van der Waals surface area (Å²) in [5.41, 5.74) is 3.33. The average molecular weight is 385 g/mol. The maximum atomic E-state index is 13.6. The van der Waals surface area contributed by atoms with Gasteiger partial charge in [-0.1, -0.05) is 0 Å². The van der Waals surface area contributed by atoms with Gasteiger partial charge in [-0.25, -0.2) is 4.39 Å². The SMILES string of the molecule is CC(=O)C(O)CNC(=O)c1c(C)[nH]c(/C=C2\C(=O)Nc3ccc(F)cc32)c1C. The number of H-pyrrole nitrogens is 1. The van der Waals surface area contributed by atoms with Crippen LogP contribution in [-0.2, 0) is 9.59 Å². The van der Waals surface area contributed by atoms with Gasteiger partial charge < -0.3 is 20.7 Å². The number of anilines is 1. The molecule has 0 bridgehead atoms. The highest BCUT2D eigenvalue weighted by atomic mass is 19.1. The van der Waals surface area contributed by atoms with Crippen LogP contribution in [0.5, 0.6) is 0 Å². The van der Waals surface area contributed by atoms with Crippen LogP contribution >= 0.6 is 0 Å². The van der Waals surface area contributed by atoms with Gasteiger partial charge in [-0.15, -0.1) is 0 Å². The van der Waals surface area contributed by atoms with E-state index in [-0.39, 0.29) is 18.0 Å². The molecule has 0 fully saturated rings. The second-order valence-corrected chi connectivity index (χ2v) is 6.70. The van der Waals surface area contributed by atoms with E-state index in [2.05, 4.69) is 15.6 Å². The molecule has 146 valence electrons. The van der Waals surface area contributed by atoms with Crippen LogP contribution in [0, 0.1) is 19.7 Å². The summed E-state index contributed by atoms with van der Waals surface area (Å²) in [5, 5.41) is 14.7. The highest BCUT2D eigenvalue weighted by Crippen LogP contribution is 2.34. The summed E-state index contributed by atoms with van der Waals surface area (Å²) in [6, 6.07) is 4.04. The number of aliphatic hydroxyl groups excluding tert-OH is 1. The van der Waals surface area contributed by atoms with Crippen LogP contribution < -0.4 is 10.6 Å². The lowest BCUT2D eigenvalue weighted by Crippen LogP contribution is -2.36. The van der Waals surface area contributed by atoms with Crippen molar-refractivity contribution in [1.82, 2.24) is 10.3 Å². The predicted octanol–water partition coefficient (Wildman–Crippen LogP) is 1.94. The fourth-order valence-corrected chi connectivity index (χ4v) is 3.13. The van der Waals surface area contributed by atoms with Crippen LogP contribution in [0.4, 0.5) is 10.1 Å². The van der Waals surface area contributed by atoms with Gasteiger partial charge in [-0.05, 0) is 50.6 Å². The van der Waals surface area contributed by atoms with Gasteiger partial charge in [0, 0.05) is 22.6 Å². The van der Waals surface area contributed by atoms with E-state index in [0.29, 0.717) is 33.8 Å². The van der Waals surface area contributed by atoms with Crippen molar-refractivity contribution < 1.29 is 23.9 Å². The number of aryl methyl sites for hydroxylation is 1. The Bertz CT molecular complexity index is 1020. The standard InChI is InChI=1S/C20H20FN3O4/c1-9-16(7-14-13-6-12(21)4-5-15(13)24-19(14)27)23-10(2)18(9)20(28)22-8-17(26)11(3)25/h4-7,17,23,26H,8H2,1-3H3,(H,22,28)(H,24,27)/b14-7-. The molecule has 2 amide bonds. The summed E-state index contributed by atoms with van der Waals surface area (Å²) < 4.78 is 13.6. The van der Waals surface area contributed by atoms with E-state index in [1.807, 2.05) is 0 Å². The molecule has 0 saturated carbocycles. The Kier molecular flexibility index (Phi) is 5.15. The molecule has 0 aliphatic carbocycles. The molecule has 1 unspecified atom stereocenters. The molecule has 28 heavy (non-hydrogen) atoms. The van der Waals surface area contributed by atoms with Crippen molar-refractivity contribution in [3.05, 3.63) is 52.1 Å². The number of hydrogen-bond acceptors (Lipinski definition) is 4. The predicted molar refractivity (Wildman–Crippen MR) is 102 cm³/mol. The van der Waals surface area contributed by atoms with Crippen LogP contribution in [0.25, 0.3) is 11.6 Å². The number of fused-ring (bicyclic) bond motifs is 1. The second kappa shape index (κ2) is 7.40. The van der Waals surface area contributed by atoms with E-state index in [9.17, 15) is 23.9 Å². The van der Waals surface area contributed by atoms with Crippen molar-refractivity contribution in [2.45, 2.75) is 26.9 Å². The van der Waals surface area contributed by atoms with Crippen molar-refractivity contribution in [1.29, 1.82) is 0 Å². The zero-order valence-electron chi connectivity index (χ0n) is 15.6. The zero-order valence-corrected chi connectivity index (χ0v) is 15.6. The largest absolute Gasteiger partial charge is 0.383 e. The van der Waals surface area contributed by atoms with Crippen LogP contribution in [0.1, 0.15) is 39.8 Å². The molecule has 1 aliphatic rings. The lowest BCUT2D eigenvalue weighted by molar-refractivity contribution is -0.124. The van der Waals surface area contributed by atoms with E-state index >= 15 is 0 Å². The zero-order chi connectivity index (χ0) is 20.6. The fraction of sp³-hybridized carbons (Fsp3) is 0.250. The Morgan fingerprint density at radius 2 is 2.04 bits per heavy atom. The first-order chi connectivity index (χ1) is 13.2. The minimum Gasteiger partial charge on any atom is -0.383 e. The van der Waals surface area contributed by atoms with Crippen molar-refractivity contribution in [3.8, 4) is 0 Å². The van der Waals surface area contributed by atoms with Gasteiger partial charge in [0.2, 0.25) is 0 Å². The Morgan fingerprint density at radius 1 is 1.32 bits per heavy atom. The normalized spacial score (nSPS) is 15.3. The number of aliphatic hydroxyl groups is 1. The number of aromatic amines is 1. The van der Waals surface area contributed by atoms with E-state index in [1.54, 1.807) is 19.9 Å². The summed E-state index contributed by atoms with van der Waals surface area (Å²) in [5.74, 6) is -1.70. The number of hydrogen-bond donors (Lipinski definition) is 4. The van der Waals surface area contributed by atoms with E-state index in [0.717, 1.165) is 0 Å². The Hall–Kier alpha value is -3.26. The number of halogens is 1. The lowest BCUT2D eigenvalue weighted by atomic mass is 10.0. The lowest BCUT2D eigenvalue weighted by Gasteiger charge is -2.09. The number of nitrogens with one attached hydrogen (secondary N) is 3. The summed E-state index contributed by atoms with van der Waals surface area (Å²) in [6.45, 7) is 4.46. The third kappa shape index (κ3) is 3.59.